The summed E-state index contributed by atoms with van der Waals surface area (Å²) in [6, 6.07) is 26.1. The van der Waals surface area contributed by atoms with Crippen molar-refractivity contribution in [2.45, 2.75) is 6.42 Å². The molecular formula is C33H32N2O5S. The lowest BCUT2D eigenvalue weighted by atomic mass is 10.1. The first-order valence-corrected chi connectivity index (χ1v) is 14.2. The van der Waals surface area contributed by atoms with Crippen LogP contribution in [-0.2, 0) is 6.42 Å². The minimum atomic E-state index is -0.258. The van der Waals surface area contributed by atoms with Gasteiger partial charge >= 0.3 is 0 Å². The van der Waals surface area contributed by atoms with Crippen LogP contribution in [0.4, 0.5) is 5.69 Å². The highest BCUT2D eigenvalue weighted by Crippen LogP contribution is 2.29. The number of carbonyl (C=O) groups excluding carboxylic acids is 1. The highest BCUT2D eigenvalue weighted by Gasteiger charge is 2.15. The Morgan fingerprint density at radius 2 is 1.61 bits per heavy atom. The first-order valence-electron chi connectivity index (χ1n) is 13.3. The van der Waals surface area contributed by atoms with Crippen LogP contribution in [0.25, 0.3) is 20.2 Å². The summed E-state index contributed by atoms with van der Waals surface area (Å²) >= 11 is 1.45. The Balaban J connectivity index is 1.15. The summed E-state index contributed by atoms with van der Waals surface area (Å²) in [7, 11) is 5.34. The lowest BCUT2D eigenvalue weighted by Gasteiger charge is -2.17. The number of nitrogens with one attached hydrogen (secondary N) is 1. The van der Waals surface area contributed by atoms with Crippen molar-refractivity contribution < 1.29 is 19.0 Å². The van der Waals surface area contributed by atoms with Gasteiger partial charge in [-0.3, -0.25) is 9.59 Å². The Bertz CT molecular complexity index is 1730. The molecule has 0 saturated carbocycles. The quantitative estimate of drug-likeness (QED) is 0.190. The van der Waals surface area contributed by atoms with Crippen molar-refractivity contribution >= 4 is 43.1 Å². The van der Waals surface area contributed by atoms with Gasteiger partial charge in [0.25, 0.3) is 5.91 Å². The van der Waals surface area contributed by atoms with Crippen molar-refractivity contribution in [2.75, 3.05) is 46.3 Å². The zero-order valence-electron chi connectivity index (χ0n) is 23.3. The van der Waals surface area contributed by atoms with Crippen LogP contribution >= 0.6 is 11.3 Å². The van der Waals surface area contributed by atoms with Gasteiger partial charge in [-0.2, -0.15) is 0 Å². The smallest absolute Gasteiger partial charge is 0.257 e. The third-order valence-corrected chi connectivity index (χ3v) is 8.15. The van der Waals surface area contributed by atoms with E-state index in [0.717, 1.165) is 41.5 Å². The van der Waals surface area contributed by atoms with Gasteiger partial charge in [0.2, 0.25) is 0 Å². The molecule has 0 saturated heterocycles. The molecule has 0 fully saturated rings. The number of fused-ring (bicyclic) bond motifs is 2. The number of amides is 1. The average molecular weight is 569 g/mol. The molecule has 7 nitrogen and oxygen atoms in total. The summed E-state index contributed by atoms with van der Waals surface area (Å²) in [5.41, 5.74) is 2.25. The number of methoxy groups -OCH3 is 2. The Morgan fingerprint density at radius 3 is 2.39 bits per heavy atom. The molecule has 0 unspecified atom stereocenters. The standard InChI is InChI=1S/C33H32N2O5S/c1-35(18-17-22-11-16-28(38-2)29(21-22)39-3)19-20-40-24-14-12-23(13-15-24)34-33(37)27-9-6-8-26-31(36)25-7-4-5-10-30(25)41-32(26)27/h4-16,21H,17-20H2,1-3H3,(H,34,37). The predicted molar refractivity (Wildman–Crippen MR) is 166 cm³/mol. The number of nitrogens with zero attached hydrogens (tertiary/aromatic N) is 1. The molecule has 1 N–H and O–H groups in total. The highest BCUT2D eigenvalue weighted by atomic mass is 32.1. The van der Waals surface area contributed by atoms with E-state index in [9.17, 15) is 9.59 Å². The van der Waals surface area contributed by atoms with E-state index in [0.29, 0.717) is 33.3 Å². The third-order valence-electron chi connectivity index (χ3n) is 6.93. The topological polar surface area (TPSA) is 77.1 Å². The molecule has 1 heterocycles. The zero-order valence-corrected chi connectivity index (χ0v) is 24.1. The Labute approximate surface area is 242 Å². The van der Waals surface area contributed by atoms with Crippen molar-refractivity contribution in [3.8, 4) is 17.2 Å². The van der Waals surface area contributed by atoms with E-state index in [1.807, 2.05) is 60.7 Å². The van der Waals surface area contributed by atoms with Crippen LogP contribution in [0, 0.1) is 0 Å². The lowest BCUT2D eigenvalue weighted by Crippen LogP contribution is -2.26. The molecular weight excluding hydrogens is 536 g/mol. The summed E-state index contributed by atoms with van der Waals surface area (Å²) in [5.74, 6) is 1.93. The molecule has 210 valence electrons. The largest absolute Gasteiger partial charge is 0.493 e. The van der Waals surface area contributed by atoms with Crippen LogP contribution in [0.1, 0.15) is 15.9 Å². The molecule has 0 atom stereocenters. The number of carbonyl (C=O) groups is 1. The van der Waals surface area contributed by atoms with Gasteiger partial charge in [-0.15, -0.1) is 11.3 Å². The number of likely N-dealkylation sites (N-methyl/N-ethyl adjacent to an activating group) is 1. The number of hydrogen-bond donors (Lipinski definition) is 1. The monoisotopic (exact) mass is 568 g/mol. The minimum absolute atomic E-state index is 0.0582. The molecule has 5 aromatic rings. The second kappa shape index (κ2) is 12.8. The number of benzene rings is 4. The van der Waals surface area contributed by atoms with E-state index in [2.05, 4.69) is 23.3 Å². The van der Waals surface area contributed by atoms with Crippen LogP contribution in [0.3, 0.4) is 0 Å². The minimum Gasteiger partial charge on any atom is -0.493 e. The predicted octanol–water partition coefficient (Wildman–Crippen LogP) is 6.24. The van der Waals surface area contributed by atoms with Gasteiger partial charge in [-0.25, -0.2) is 0 Å². The van der Waals surface area contributed by atoms with Gasteiger partial charge in [-0.05, 0) is 79.7 Å². The maximum absolute atomic E-state index is 13.2. The fourth-order valence-electron chi connectivity index (χ4n) is 4.62. The Hall–Kier alpha value is -4.40. The summed E-state index contributed by atoms with van der Waals surface area (Å²) in [6.07, 6.45) is 0.884. The normalized spacial score (nSPS) is 11.1. The summed E-state index contributed by atoms with van der Waals surface area (Å²) in [6.45, 7) is 2.18. The molecule has 0 bridgehead atoms. The van der Waals surface area contributed by atoms with E-state index in [1.165, 1.54) is 16.9 Å². The van der Waals surface area contributed by atoms with E-state index >= 15 is 0 Å². The number of rotatable bonds is 11. The van der Waals surface area contributed by atoms with Crippen molar-refractivity contribution in [3.63, 3.8) is 0 Å². The fourth-order valence-corrected chi connectivity index (χ4v) is 5.80. The van der Waals surface area contributed by atoms with Crippen LogP contribution < -0.4 is 25.0 Å². The van der Waals surface area contributed by atoms with Crippen LogP contribution in [0.15, 0.2) is 89.7 Å². The second-order valence-corrected chi connectivity index (χ2v) is 10.7. The van der Waals surface area contributed by atoms with Crippen molar-refractivity contribution in [3.05, 3.63) is 106 Å². The Morgan fingerprint density at radius 1 is 0.854 bits per heavy atom. The molecule has 1 amide bonds. The molecule has 41 heavy (non-hydrogen) atoms. The molecule has 0 aliphatic heterocycles. The molecule has 0 spiro atoms. The molecule has 0 radical (unpaired) electrons. The number of ether oxygens (including phenoxy) is 3. The second-order valence-electron chi connectivity index (χ2n) is 9.68. The summed E-state index contributed by atoms with van der Waals surface area (Å²) < 4.78 is 18.2. The maximum Gasteiger partial charge on any atom is 0.257 e. The van der Waals surface area contributed by atoms with Crippen LogP contribution in [-0.4, -0.2) is 51.8 Å². The van der Waals surface area contributed by atoms with E-state index < -0.39 is 0 Å². The van der Waals surface area contributed by atoms with Crippen molar-refractivity contribution in [2.24, 2.45) is 0 Å². The van der Waals surface area contributed by atoms with Gasteiger partial charge < -0.3 is 24.4 Å². The first-order chi connectivity index (χ1) is 20.0. The average Bonchev–Trinajstić information content (AvgIpc) is 3.00. The molecule has 0 aliphatic carbocycles. The third kappa shape index (κ3) is 6.51. The van der Waals surface area contributed by atoms with Crippen LogP contribution in [0.2, 0.25) is 0 Å². The van der Waals surface area contributed by atoms with Gasteiger partial charge in [0, 0.05) is 34.2 Å². The summed E-state index contributed by atoms with van der Waals surface area (Å²) in [4.78, 5) is 28.4. The summed E-state index contributed by atoms with van der Waals surface area (Å²) in [5, 5.41) is 4.18. The number of hydrogen-bond acceptors (Lipinski definition) is 7. The van der Waals surface area contributed by atoms with E-state index in [1.54, 1.807) is 32.4 Å². The van der Waals surface area contributed by atoms with Gasteiger partial charge in [0.05, 0.1) is 24.5 Å². The van der Waals surface area contributed by atoms with Gasteiger partial charge in [-0.1, -0.05) is 24.3 Å². The van der Waals surface area contributed by atoms with Gasteiger partial charge in [0.15, 0.2) is 16.9 Å². The zero-order chi connectivity index (χ0) is 28.8. The van der Waals surface area contributed by atoms with E-state index in [-0.39, 0.29) is 11.3 Å². The Kier molecular flexibility index (Phi) is 8.82. The number of anilines is 1. The molecule has 5 rings (SSSR count). The van der Waals surface area contributed by atoms with Crippen LogP contribution in [0.5, 0.6) is 17.2 Å². The maximum atomic E-state index is 13.2. The molecule has 8 heteroatoms. The molecule has 0 aliphatic rings. The lowest BCUT2D eigenvalue weighted by molar-refractivity contribution is 0.102. The van der Waals surface area contributed by atoms with E-state index in [4.69, 9.17) is 14.2 Å². The van der Waals surface area contributed by atoms with Crippen molar-refractivity contribution in [1.29, 1.82) is 0 Å². The first kappa shape index (κ1) is 28.1. The highest BCUT2D eigenvalue weighted by molar-refractivity contribution is 7.24. The molecule has 4 aromatic carbocycles. The molecule has 1 aromatic heterocycles. The SMILES string of the molecule is COc1ccc(CCN(C)CCOc2ccc(NC(=O)c3cccc4c(=O)c5ccccc5sc34)cc2)cc1OC. The fraction of sp³-hybridized carbons (Fsp3) is 0.212. The van der Waals surface area contributed by atoms with Crippen molar-refractivity contribution in [1.82, 2.24) is 4.90 Å². The van der Waals surface area contributed by atoms with Gasteiger partial charge in [0.1, 0.15) is 12.4 Å².